The van der Waals surface area contributed by atoms with Gasteiger partial charge in [-0.15, -0.1) is 10.0 Å². The Morgan fingerprint density at radius 3 is 2.10 bits per heavy atom. The lowest BCUT2D eigenvalue weighted by molar-refractivity contribution is -0.140. The van der Waals surface area contributed by atoms with E-state index in [2.05, 4.69) is 0 Å². The van der Waals surface area contributed by atoms with Crippen LogP contribution >= 0.6 is 0 Å². The number of carbonyl (C=O) groups excluding carboxylic acids is 1. The van der Waals surface area contributed by atoms with Gasteiger partial charge in [0.2, 0.25) is 0 Å². The number of hydrogen-bond donors (Lipinski definition) is 2. The highest BCUT2D eigenvalue weighted by atomic mass is 19.2. The van der Waals surface area contributed by atoms with Crippen LogP contribution in [0.5, 0.6) is 0 Å². The summed E-state index contributed by atoms with van der Waals surface area (Å²) in [5.74, 6) is -1.37. The molecule has 0 fully saturated rings. The Morgan fingerprint density at radius 1 is 1.00 bits per heavy atom. The Balaban J connectivity index is 2.12. The van der Waals surface area contributed by atoms with Crippen molar-refractivity contribution >= 4 is 11.8 Å². The lowest BCUT2D eigenvalue weighted by atomic mass is 10.00. The summed E-state index contributed by atoms with van der Waals surface area (Å²) in [4.78, 5) is 22.9. The Hall–Kier alpha value is -2.53. The maximum absolute atomic E-state index is 12.3. The molecule has 0 saturated heterocycles. The monoisotopic (exact) mass is 287 g/mol. The van der Waals surface area contributed by atoms with Crippen LogP contribution in [-0.2, 0) is 11.2 Å². The highest BCUT2D eigenvalue weighted by molar-refractivity contribution is 6.08. The second kappa shape index (κ2) is 6.76. The molecule has 5 heteroatoms. The van der Waals surface area contributed by atoms with Gasteiger partial charge in [-0.05, 0) is 5.56 Å². The molecule has 0 unspecified atom stereocenters. The van der Waals surface area contributed by atoms with Crippen molar-refractivity contribution in [2.24, 2.45) is 0 Å². The number of carbonyl (C=O) groups is 2. The highest BCUT2D eigenvalue weighted by Crippen LogP contribution is 2.12. The molecule has 1 atom stereocenters. The third-order valence-electron chi connectivity index (χ3n) is 3.12. The van der Waals surface area contributed by atoms with Crippen LogP contribution in [0.25, 0.3) is 0 Å². The molecule has 0 aliphatic rings. The molecule has 2 aromatic carbocycles. The average Bonchev–Trinajstić information content (AvgIpc) is 2.53. The number of ketones is 1. The smallest absolute Gasteiger partial charge is 0.323 e. The number of rotatable bonds is 6. The average molecular weight is 287 g/mol. The number of aliphatic carboxylic acids is 1. The molecule has 108 valence electrons. The van der Waals surface area contributed by atoms with Crippen molar-refractivity contribution in [2.75, 3.05) is 0 Å². The molecule has 21 heavy (non-hydrogen) atoms. The van der Waals surface area contributed by atoms with E-state index in [1.807, 2.05) is 6.07 Å². The minimum Gasteiger partial charge on any atom is -0.480 e. The fourth-order valence-electron chi connectivity index (χ4n) is 1.96. The van der Waals surface area contributed by atoms with Crippen molar-refractivity contribution < 1.29 is 19.2 Å². The SMILES string of the molecule is O=C(c1ccccc1)c1ccc(C[C@H](NF)C(=O)O)cc1. The normalized spacial score (nSPS) is 11.9. The van der Waals surface area contributed by atoms with E-state index >= 15 is 0 Å². The summed E-state index contributed by atoms with van der Waals surface area (Å²) in [5, 5.41) is 8.77. The zero-order valence-electron chi connectivity index (χ0n) is 11.1. The van der Waals surface area contributed by atoms with Crippen LogP contribution in [0.3, 0.4) is 0 Å². The number of carboxylic acid groups (broad SMARTS) is 1. The molecule has 0 amide bonds. The summed E-state index contributed by atoms with van der Waals surface area (Å²) in [5.41, 5.74) is 2.97. The van der Waals surface area contributed by atoms with E-state index in [0.717, 1.165) is 0 Å². The van der Waals surface area contributed by atoms with Gasteiger partial charge in [-0.3, -0.25) is 9.59 Å². The molecule has 0 saturated carbocycles. The first-order valence-electron chi connectivity index (χ1n) is 6.39. The van der Waals surface area contributed by atoms with Crippen LogP contribution in [0, 0.1) is 0 Å². The number of carboxylic acids is 1. The van der Waals surface area contributed by atoms with Gasteiger partial charge in [0, 0.05) is 17.5 Å². The second-order valence-electron chi connectivity index (χ2n) is 4.60. The molecule has 4 nitrogen and oxygen atoms in total. The van der Waals surface area contributed by atoms with E-state index in [9.17, 15) is 14.1 Å². The Kier molecular flexibility index (Phi) is 4.79. The molecule has 0 spiro atoms. The van der Waals surface area contributed by atoms with Crippen LogP contribution in [0.4, 0.5) is 4.48 Å². The van der Waals surface area contributed by atoms with Crippen LogP contribution in [0.2, 0.25) is 0 Å². The Bertz CT molecular complexity index is 626. The second-order valence-corrected chi connectivity index (χ2v) is 4.60. The predicted molar refractivity (Wildman–Crippen MR) is 75.7 cm³/mol. The van der Waals surface area contributed by atoms with Crippen LogP contribution < -0.4 is 5.54 Å². The van der Waals surface area contributed by atoms with Gasteiger partial charge >= 0.3 is 5.97 Å². The number of hydrogen-bond acceptors (Lipinski definition) is 3. The van der Waals surface area contributed by atoms with E-state index < -0.39 is 12.0 Å². The maximum Gasteiger partial charge on any atom is 0.323 e. The van der Waals surface area contributed by atoms with Gasteiger partial charge in [0.05, 0.1) is 0 Å². The van der Waals surface area contributed by atoms with Crippen LogP contribution in [0.1, 0.15) is 21.5 Å². The zero-order valence-corrected chi connectivity index (χ0v) is 11.1. The van der Waals surface area contributed by atoms with Crippen molar-refractivity contribution in [3.05, 3.63) is 71.3 Å². The third kappa shape index (κ3) is 3.73. The molecule has 0 radical (unpaired) electrons. The van der Waals surface area contributed by atoms with E-state index in [-0.39, 0.29) is 12.2 Å². The lowest BCUT2D eigenvalue weighted by Gasteiger charge is -2.09. The standard InChI is InChI=1S/C16H14FNO3/c17-18-14(16(20)21)10-11-6-8-13(9-7-11)15(19)12-4-2-1-3-5-12/h1-9,14,18H,10H2,(H,20,21)/t14-/m0/s1. The first-order chi connectivity index (χ1) is 10.1. The van der Waals surface area contributed by atoms with Gasteiger partial charge in [-0.1, -0.05) is 54.6 Å². The fraction of sp³-hybridized carbons (Fsp3) is 0.125. The molecule has 0 aliphatic carbocycles. The van der Waals surface area contributed by atoms with Gasteiger partial charge in [0.25, 0.3) is 0 Å². The van der Waals surface area contributed by atoms with Gasteiger partial charge in [0.15, 0.2) is 5.78 Å². The first-order valence-corrected chi connectivity index (χ1v) is 6.39. The van der Waals surface area contributed by atoms with Crippen molar-refractivity contribution in [3.8, 4) is 0 Å². The van der Waals surface area contributed by atoms with Gasteiger partial charge < -0.3 is 5.11 Å². The molecule has 0 bridgehead atoms. The van der Waals surface area contributed by atoms with Crippen molar-refractivity contribution in [1.82, 2.24) is 5.54 Å². The Labute approximate surface area is 121 Å². The molecule has 0 aromatic heterocycles. The van der Waals surface area contributed by atoms with Crippen molar-refractivity contribution in [2.45, 2.75) is 12.5 Å². The molecule has 2 aromatic rings. The van der Waals surface area contributed by atoms with Crippen molar-refractivity contribution in [1.29, 1.82) is 0 Å². The minimum absolute atomic E-state index is 0.00560. The lowest BCUT2D eigenvalue weighted by Crippen LogP contribution is -2.33. The van der Waals surface area contributed by atoms with Gasteiger partial charge in [0.1, 0.15) is 6.04 Å². The van der Waals surface area contributed by atoms with Crippen LogP contribution in [-0.4, -0.2) is 22.9 Å². The molecule has 2 N–H and O–H groups in total. The molecule has 2 rings (SSSR count). The van der Waals surface area contributed by atoms with E-state index in [4.69, 9.17) is 5.11 Å². The number of benzene rings is 2. The number of halogens is 1. The van der Waals surface area contributed by atoms with E-state index in [1.165, 1.54) is 5.54 Å². The van der Waals surface area contributed by atoms with E-state index in [1.54, 1.807) is 48.5 Å². The summed E-state index contributed by atoms with van der Waals surface area (Å²) in [6, 6.07) is 14.0. The molecule has 0 aliphatic heterocycles. The molecular weight excluding hydrogens is 273 g/mol. The van der Waals surface area contributed by atoms with E-state index in [0.29, 0.717) is 16.7 Å². The topological polar surface area (TPSA) is 66.4 Å². The highest BCUT2D eigenvalue weighted by Gasteiger charge is 2.17. The Morgan fingerprint density at radius 2 is 1.57 bits per heavy atom. The predicted octanol–water partition coefficient (Wildman–Crippen LogP) is 2.39. The summed E-state index contributed by atoms with van der Waals surface area (Å²) in [7, 11) is 0. The summed E-state index contributed by atoms with van der Waals surface area (Å²) in [6.45, 7) is 0. The quantitative estimate of drug-likeness (QED) is 0.632. The zero-order chi connectivity index (χ0) is 15.2. The van der Waals surface area contributed by atoms with Gasteiger partial charge in [-0.25, -0.2) is 0 Å². The minimum atomic E-state index is -1.29. The fourth-order valence-corrected chi connectivity index (χ4v) is 1.96. The number of nitrogens with one attached hydrogen (secondary N) is 1. The summed E-state index contributed by atoms with van der Waals surface area (Å²) < 4.78 is 12.3. The summed E-state index contributed by atoms with van der Waals surface area (Å²) >= 11 is 0. The summed E-state index contributed by atoms with van der Waals surface area (Å²) in [6.07, 6.45) is 0.00560. The molecule has 0 heterocycles. The largest absolute Gasteiger partial charge is 0.480 e. The van der Waals surface area contributed by atoms with Crippen molar-refractivity contribution in [3.63, 3.8) is 0 Å². The van der Waals surface area contributed by atoms with Gasteiger partial charge in [-0.2, -0.15) is 0 Å². The maximum atomic E-state index is 12.3. The first kappa shape index (κ1) is 14.9. The van der Waals surface area contributed by atoms with Crippen LogP contribution in [0.15, 0.2) is 54.6 Å². The molecular formula is C16H14FNO3. The third-order valence-corrected chi connectivity index (χ3v) is 3.12.